The van der Waals surface area contributed by atoms with Crippen molar-refractivity contribution in [1.82, 2.24) is 10.2 Å². The van der Waals surface area contributed by atoms with Crippen molar-refractivity contribution in [2.24, 2.45) is 5.92 Å². The fourth-order valence-electron chi connectivity index (χ4n) is 3.64. The van der Waals surface area contributed by atoms with E-state index in [1.807, 2.05) is 13.1 Å². The van der Waals surface area contributed by atoms with Gasteiger partial charge in [0.25, 0.3) is 0 Å². The molecule has 3 rings (SSSR count). The number of nitrogens with zero attached hydrogens (tertiary/aromatic N) is 1. The van der Waals surface area contributed by atoms with E-state index < -0.39 is 0 Å². The van der Waals surface area contributed by atoms with E-state index in [4.69, 9.17) is 4.42 Å². The lowest BCUT2D eigenvalue weighted by Gasteiger charge is -2.27. The third kappa shape index (κ3) is 2.85. The lowest BCUT2D eigenvalue weighted by atomic mass is 10.0. The van der Waals surface area contributed by atoms with E-state index in [-0.39, 0.29) is 0 Å². The van der Waals surface area contributed by atoms with Crippen molar-refractivity contribution >= 4 is 11.0 Å². The van der Waals surface area contributed by atoms with Gasteiger partial charge in [0.05, 0.1) is 6.54 Å². The van der Waals surface area contributed by atoms with Gasteiger partial charge in [-0.15, -0.1) is 0 Å². The highest BCUT2D eigenvalue weighted by molar-refractivity contribution is 5.82. The Morgan fingerprint density at radius 1 is 1.33 bits per heavy atom. The molecule has 2 heterocycles. The quantitative estimate of drug-likeness (QED) is 0.907. The zero-order valence-corrected chi connectivity index (χ0v) is 13.4. The Balaban J connectivity index is 1.91. The van der Waals surface area contributed by atoms with Gasteiger partial charge in [0.1, 0.15) is 11.3 Å². The van der Waals surface area contributed by atoms with E-state index in [2.05, 4.69) is 42.3 Å². The first-order valence-corrected chi connectivity index (χ1v) is 8.08. The van der Waals surface area contributed by atoms with Gasteiger partial charge in [-0.3, -0.25) is 4.90 Å². The number of fused-ring (bicyclic) bond motifs is 1. The molecule has 0 amide bonds. The molecule has 1 N–H and O–H groups in total. The van der Waals surface area contributed by atoms with Crippen LogP contribution in [0, 0.1) is 5.92 Å². The van der Waals surface area contributed by atoms with Crippen LogP contribution in [0.4, 0.5) is 0 Å². The Morgan fingerprint density at radius 2 is 2.14 bits per heavy atom. The second-order valence-corrected chi connectivity index (χ2v) is 6.45. The summed E-state index contributed by atoms with van der Waals surface area (Å²) in [6.07, 6.45) is 2.63. The summed E-state index contributed by atoms with van der Waals surface area (Å²) in [6.45, 7) is 7.66. The molecular formula is C18H26N2O. The van der Waals surface area contributed by atoms with Crippen molar-refractivity contribution in [3.8, 4) is 0 Å². The van der Waals surface area contributed by atoms with Gasteiger partial charge in [0.15, 0.2) is 0 Å². The van der Waals surface area contributed by atoms with Gasteiger partial charge in [0, 0.05) is 23.5 Å². The maximum absolute atomic E-state index is 6.16. The molecule has 0 spiro atoms. The van der Waals surface area contributed by atoms with Crippen LogP contribution in [-0.4, -0.2) is 24.5 Å². The van der Waals surface area contributed by atoms with Crippen molar-refractivity contribution in [1.29, 1.82) is 0 Å². The molecule has 1 atom stereocenters. The normalized spacial score (nSPS) is 19.9. The first kappa shape index (κ1) is 14.6. The Labute approximate surface area is 127 Å². The molecule has 0 saturated carbocycles. The number of rotatable bonds is 5. The number of benzene rings is 1. The molecule has 0 aliphatic carbocycles. The summed E-state index contributed by atoms with van der Waals surface area (Å²) in [5, 5.41) is 4.53. The molecule has 1 aliphatic heterocycles. The summed E-state index contributed by atoms with van der Waals surface area (Å²) in [4.78, 5) is 2.60. The van der Waals surface area contributed by atoms with Gasteiger partial charge in [-0.2, -0.15) is 0 Å². The summed E-state index contributed by atoms with van der Waals surface area (Å²) in [7, 11) is 2.00. The minimum atomic E-state index is 0.695. The molecule has 1 unspecified atom stereocenters. The van der Waals surface area contributed by atoms with Crippen LogP contribution in [0.1, 0.15) is 38.0 Å². The van der Waals surface area contributed by atoms with Gasteiger partial charge in [-0.1, -0.05) is 32.0 Å². The fraction of sp³-hybridized carbons (Fsp3) is 0.556. The maximum atomic E-state index is 6.16. The van der Waals surface area contributed by atoms with Crippen LogP contribution in [0.2, 0.25) is 0 Å². The summed E-state index contributed by atoms with van der Waals surface area (Å²) in [5.74, 6) is 1.85. The minimum Gasteiger partial charge on any atom is -0.459 e. The molecule has 2 aromatic rings. The topological polar surface area (TPSA) is 28.4 Å². The Morgan fingerprint density at radius 3 is 2.90 bits per heavy atom. The second kappa shape index (κ2) is 6.20. The van der Waals surface area contributed by atoms with Crippen LogP contribution in [0.5, 0.6) is 0 Å². The number of likely N-dealkylation sites (tertiary alicyclic amines) is 1. The monoisotopic (exact) mass is 286 g/mol. The Hall–Kier alpha value is -1.32. The third-order valence-corrected chi connectivity index (χ3v) is 4.67. The van der Waals surface area contributed by atoms with Gasteiger partial charge in [-0.05, 0) is 38.4 Å². The molecule has 1 fully saturated rings. The van der Waals surface area contributed by atoms with Crippen molar-refractivity contribution < 1.29 is 4.42 Å². The molecule has 0 bridgehead atoms. The first-order valence-electron chi connectivity index (χ1n) is 8.08. The largest absolute Gasteiger partial charge is 0.459 e. The number of hydrogen-bond donors (Lipinski definition) is 1. The average Bonchev–Trinajstić information content (AvgIpc) is 3.05. The fourth-order valence-corrected chi connectivity index (χ4v) is 3.64. The highest BCUT2D eigenvalue weighted by Crippen LogP contribution is 2.30. The number of nitrogens with one attached hydrogen (secondary N) is 1. The van der Waals surface area contributed by atoms with Crippen LogP contribution in [0.25, 0.3) is 11.0 Å². The highest BCUT2D eigenvalue weighted by atomic mass is 16.3. The van der Waals surface area contributed by atoms with Crippen LogP contribution in [-0.2, 0) is 13.1 Å². The van der Waals surface area contributed by atoms with Crippen molar-refractivity contribution in [3.63, 3.8) is 0 Å². The van der Waals surface area contributed by atoms with Crippen molar-refractivity contribution in [3.05, 3.63) is 35.6 Å². The van der Waals surface area contributed by atoms with Gasteiger partial charge < -0.3 is 9.73 Å². The minimum absolute atomic E-state index is 0.695. The Kier molecular flexibility index (Phi) is 4.32. The van der Waals surface area contributed by atoms with Gasteiger partial charge >= 0.3 is 0 Å². The first-order chi connectivity index (χ1) is 10.2. The molecule has 3 heteroatoms. The number of hydrogen-bond acceptors (Lipinski definition) is 3. The predicted molar refractivity (Wildman–Crippen MR) is 87.2 cm³/mol. The van der Waals surface area contributed by atoms with Crippen LogP contribution >= 0.6 is 0 Å². The summed E-state index contributed by atoms with van der Waals surface area (Å²) in [5.41, 5.74) is 2.33. The molecule has 1 aromatic heterocycles. The smallest absolute Gasteiger partial charge is 0.134 e. The van der Waals surface area contributed by atoms with Crippen LogP contribution < -0.4 is 5.32 Å². The standard InChI is InChI=1S/C18H26N2O/c1-13(2)16-8-6-10-20(16)12-18-15(11-19-3)14-7-4-5-9-17(14)21-18/h4-5,7,9,13,16,19H,6,8,10-12H2,1-3H3. The SMILES string of the molecule is CNCc1c(CN2CCCC2C(C)C)oc2ccccc12. The summed E-state index contributed by atoms with van der Waals surface area (Å²) >= 11 is 0. The highest BCUT2D eigenvalue weighted by Gasteiger charge is 2.28. The number of para-hydroxylation sites is 1. The molecular weight excluding hydrogens is 260 g/mol. The zero-order valence-electron chi connectivity index (χ0n) is 13.4. The molecule has 21 heavy (non-hydrogen) atoms. The molecule has 3 nitrogen and oxygen atoms in total. The lowest BCUT2D eigenvalue weighted by molar-refractivity contribution is 0.186. The molecule has 1 aromatic carbocycles. The van der Waals surface area contributed by atoms with Crippen molar-refractivity contribution in [2.75, 3.05) is 13.6 Å². The molecule has 1 aliphatic rings. The molecule has 1 saturated heterocycles. The summed E-state index contributed by atoms with van der Waals surface area (Å²) < 4.78 is 6.16. The van der Waals surface area contributed by atoms with E-state index in [0.29, 0.717) is 12.0 Å². The lowest BCUT2D eigenvalue weighted by Crippen LogP contribution is -2.33. The van der Waals surface area contributed by atoms with Crippen molar-refractivity contribution in [2.45, 2.75) is 45.8 Å². The number of furan rings is 1. The van der Waals surface area contributed by atoms with E-state index in [1.165, 1.54) is 30.3 Å². The Bertz CT molecular complexity index is 602. The van der Waals surface area contributed by atoms with E-state index in [9.17, 15) is 0 Å². The third-order valence-electron chi connectivity index (χ3n) is 4.67. The van der Waals surface area contributed by atoms with Gasteiger partial charge in [0.2, 0.25) is 0 Å². The second-order valence-electron chi connectivity index (χ2n) is 6.45. The van der Waals surface area contributed by atoms with E-state index in [1.54, 1.807) is 0 Å². The van der Waals surface area contributed by atoms with Crippen LogP contribution in [0.3, 0.4) is 0 Å². The molecule has 0 radical (unpaired) electrons. The van der Waals surface area contributed by atoms with E-state index in [0.717, 1.165) is 24.4 Å². The predicted octanol–water partition coefficient (Wildman–Crippen LogP) is 3.77. The van der Waals surface area contributed by atoms with Gasteiger partial charge in [-0.25, -0.2) is 0 Å². The van der Waals surface area contributed by atoms with Crippen LogP contribution in [0.15, 0.2) is 28.7 Å². The summed E-state index contributed by atoms with van der Waals surface area (Å²) in [6, 6.07) is 9.07. The maximum Gasteiger partial charge on any atom is 0.134 e. The zero-order chi connectivity index (χ0) is 14.8. The van der Waals surface area contributed by atoms with E-state index >= 15 is 0 Å². The average molecular weight is 286 g/mol. The molecule has 114 valence electrons.